The third-order valence-electron chi connectivity index (χ3n) is 2.56. The second-order valence-corrected chi connectivity index (χ2v) is 4.26. The summed E-state index contributed by atoms with van der Waals surface area (Å²) in [6.07, 6.45) is 5.86. The maximum Gasteiger partial charge on any atom is 0.110 e. The van der Waals surface area contributed by atoms with E-state index in [0.717, 1.165) is 28.0 Å². The molecule has 3 nitrogen and oxygen atoms in total. The van der Waals surface area contributed by atoms with Crippen LogP contribution in [0.3, 0.4) is 0 Å². The minimum absolute atomic E-state index is 0.273. The van der Waals surface area contributed by atoms with E-state index in [0.29, 0.717) is 0 Å². The van der Waals surface area contributed by atoms with E-state index in [2.05, 4.69) is 47.8 Å². The van der Waals surface area contributed by atoms with E-state index in [-0.39, 0.29) is 6.17 Å². The van der Waals surface area contributed by atoms with Crippen LogP contribution in [0.15, 0.2) is 36.2 Å². The van der Waals surface area contributed by atoms with Crippen molar-refractivity contribution in [3.05, 3.63) is 46.4 Å². The van der Waals surface area contributed by atoms with Gasteiger partial charge in [0.05, 0.1) is 6.17 Å². The van der Waals surface area contributed by atoms with Gasteiger partial charge in [0, 0.05) is 24.0 Å². The number of aromatic amines is 1. The van der Waals surface area contributed by atoms with Crippen LogP contribution >= 0.6 is 24.8 Å². The lowest BCUT2D eigenvalue weighted by Gasteiger charge is -2.27. The molecule has 18 heavy (non-hydrogen) atoms. The van der Waals surface area contributed by atoms with Crippen molar-refractivity contribution in [3.63, 3.8) is 0 Å². The van der Waals surface area contributed by atoms with Crippen LogP contribution in [0.4, 0.5) is 0 Å². The van der Waals surface area contributed by atoms with Gasteiger partial charge in [0.1, 0.15) is 4.64 Å². The first-order valence-corrected chi connectivity index (χ1v) is 6.99. The fraction of sp³-hybridized carbons (Fsp3) is 0.308. The van der Waals surface area contributed by atoms with E-state index in [1.807, 2.05) is 18.3 Å². The highest BCUT2D eigenvalue weighted by Gasteiger charge is 2.13. The van der Waals surface area contributed by atoms with Gasteiger partial charge in [0.25, 0.3) is 0 Å². The predicted octanol–water partition coefficient (Wildman–Crippen LogP) is 2.73. The van der Waals surface area contributed by atoms with Gasteiger partial charge in [-0.25, -0.2) is 0 Å². The maximum atomic E-state index is 5.21. The van der Waals surface area contributed by atoms with E-state index < -0.39 is 0 Å². The Morgan fingerprint density at radius 3 is 2.83 bits per heavy atom. The monoisotopic (exact) mass is 281 g/mol. The van der Waals surface area contributed by atoms with E-state index in [9.17, 15) is 0 Å². The van der Waals surface area contributed by atoms with E-state index >= 15 is 0 Å². The first-order chi connectivity index (χ1) is 8.66. The van der Waals surface area contributed by atoms with Crippen molar-refractivity contribution >= 4 is 30.9 Å². The summed E-state index contributed by atoms with van der Waals surface area (Å²) in [6, 6.07) is 3.94. The highest BCUT2D eigenvalue weighted by molar-refractivity contribution is 7.79. The molecule has 0 spiro atoms. The van der Waals surface area contributed by atoms with Crippen LogP contribution in [0.1, 0.15) is 12.5 Å². The first-order valence-electron chi connectivity index (χ1n) is 5.69. The van der Waals surface area contributed by atoms with Gasteiger partial charge in [0.2, 0.25) is 0 Å². The third kappa shape index (κ3) is 4.01. The molecule has 0 saturated carbocycles. The molecule has 0 amide bonds. The molecule has 1 atom stereocenters. The molecular formula is C13H19N3S2. The molecule has 0 radical (unpaired) electrons. The highest BCUT2D eigenvalue weighted by Crippen LogP contribution is 2.14. The molecule has 0 aliphatic carbocycles. The van der Waals surface area contributed by atoms with Gasteiger partial charge in [-0.2, -0.15) is 12.6 Å². The van der Waals surface area contributed by atoms with Gasteiger partial charge in [-0.15, -0.1) is 0 Å². The van der Waals surface area contributed by atoms with Gasteiger partial charge in [-0.1, -0.05) is 24.9 Å². The van der Waals surface area contributed by atoms with Gasteiger partial charge >= 0.3 is 0 Å². The van der Waals surface area contributed by atoms with Gasteiger partial charge in [-0.05, 0) is 30.9 Å². The third-order valence-corrected chi connectivity index (χ3v) is 2.91. The lowest BCUT2D eigenvalue weighted by atomic mass is 10.1. The number of aromatic nitrogens is 1. The number of hydrogen-bond donors (Lipinski definition) is 4. The van der Waals surface area contributed by atoms with Crippen LogP contribution in [0.2, 0.25) is 0 Å². The highest BCUT2D eigenvalue weighted by atomic mass is 32.1. The van der Waals surface area contributed by atoms with Gasteiger partial charge < -0.3 is 10.3 Å². The Kier molecular flexibility index (Phi) is 6.18. The van der Waals surface area contributed by atoms with Crippen LogP contribution in [0.25, 0.3) is 6.08 Å². The standard InChI is InChI=1S/C12H15N3S.CH4S/c1-8-11(7-14-9(2)15-8)6-10-4-3-5-13-12(10)16;1-2/h3-6,9,14-15H,1,7H2,2H3,(H,13,16);2H,1H3/b11-6+;. The molecule has 98 valence electrons. The minimum atomic E-state index is 0.273. The summed E-state index contributed by atoms with van der Waals surface area (Å²) in [5.74, 6) is 0. The maximum absolute atomic E-state index is 5.21. The molecule has 1 aliphatic rings. The second kappa shape index (κ2) is 7.41. The SMILES string of the molecule is C=C1NC(C)NC/C1=C\c1ccc[nH]c1=S.CS. The largest absolute Gasteiger partial charge is 0.370 e. The van der Waals surface area contributed by atoms with E-state index in [1.54, 1.807) is 6.26 Å². The Morgan fingerprint density at radius 1 is 1.50 bits per heavy atom. The average Bonchev–Trinajstić information content (AvgIpc) is 2.38. The Morgan fingerprint density at radius 2 is 2.22 bits per heavy atom. The summed E-state index contributed by atoms with van der Waals surface area (Å²) in [7, 11) is 0. The topological polar surface area (TPSA) is 39.8 Å². The predicted molar refractivity (Wildman–Crippen MR) is 84.3 cm³/mol. The van der Waals surface area contributed by atoms with Crippen LogP contribution in [0.5, 0.6) is 0 Å². The Hall–Kier alpha value is -1.04. The van der Waals surface area contributed by atoms with Crippen molar-refractivity contribution in [2.24, 2.45) is 0 Å². The quantitative estimate of drug-likeness (QED) is 0.472. The van der Waals surface area contributed by atoms with Crippen molar-refractivity contribution in [1.82, 2.24) is 15.6 Å². The van der Waals surface area contributed by atoms with E-state index in [4.69, 9.17) is 12.2 Å². The molecule has 1 saturated heterocycles. The Bertz CT molecular complexity index is 491. The molecule has 2 heterocycles. The molecule has 1 unspecified atom stereocenters. The molecule has 5 heteroatoms. The molecule has 3 N–H and O–H groups in total. The van der Waals surface area contributed by atoms with Gasteiger partial charge in [-0.3, -0.25) is 5.32 Å². The molecule has 1 aliphatic heterocycles. The van der Waals surface area contributed by atoms with Gasteiger partial charge in [0.15, 0.2) is 0 Å². The number of pyridine rings is 1. The number of rotatable bonds is 1. The normalized spacial score (nSPS) is 20.9. The molecule has 1 aromatic rings. The molecule has 0 aromatic carbocycles. The Labute approximate surface area is 119 Å². The second-order valence-electron chi connectivity index (χ2n) is 3.85. The number of H-pyrrole nitrogens is 1. The summed E-state index contributed by atoms with van der Waals surface area (Å²) in [5, 5.41) is 6.57. The molecule has 1 aromatic heterocycles. The summed E-state index contributed by atoms with van der Waals surface area (Å²) >= 11 is 8.74. The first kappa shape index (κ1) is 15.0. The molecular weight excluding hydrogens is 262 g/mol. The lowest BCUT2D eigenvalue weighted by Crippen LogP contribution is -2.45. The zero-order chi connectivity index (χ0) is 13.5. The van der Waals surface area contributed by atoms with E-state index in [1.165, 1.54) is 0 Å². The summed E-state index contributed by atoms with van der Waals surface area (Å²) in [4.78, 5) is 3.01. The van der Waals surface area contributed by atoms with Crippen LogP contribution in [-0.4, -0.2) is 24.0 Å². The zero-order valence-corrected chi connectivity index (χ0v) is 12.4. The Balaban J connectivity index is 0.000000771. The summed E-state index contributed by atoms with van der Waals surface area (Å²) in [6.45, 7) is 6.89. The zero-order valence-electron chi connectivity index (χ0n) is 10.7. The average molecular weight is 281 g/mol. The van der Waals surface area contributed by atoms with Crippen molar-refractivity contribution in [2.75, 3.05) is 12.8 Å². The number of nitrogens with one attached hydrogen (secondary N) is 3. The van der Waals surface area contributed by atoms with Crippen LogP contribution < -0.4 is 10.6 Å². The van der Waals surface area contributed by atoms with Crippen molar-refractivity contribution in [3.8, 4) is 0 Å². The minimum Gasteiger partial charge on any atom is -0.370 e. The lowest BCUT2D eigenvalue weighted by molar-refractivity contribution is 0.485. The molecule has 2 rings (SSSR count). The van der Waals surface area contributed by atoms with Crippen molar-refractivity contribution in [2.45, 2.75) is 13.1 Å². The van der Waals surface area contributed by atoms with Crippen LogP contribution in [0, 0.1) is 4.64 Å². The molecule has 0 bridgehead atoms. The number of thiol groups is 1. The summed E-state index contributed by atoms with van der Waals surface area (Å²) in [5.41, 5.74) is 3.13. The smallest absolute Gasteiger partial charge is 0.110 e. The van der Waals surface area contributed by atoms with Crippen molar-refractivity contribution in [1.29, 1.82) is 0 Å². The molecule has 1 fully saturated rings. The van der Waals surface area contributed by atoms with Crippen LogP contribution in [-0.2, 0) is 0 Å². The summed E-state index contributed by atoms with van der Waals surface area (Å²) < 4.78 is 0.751. The fourth-order valence-electron chi connectivity index (χ4n) is 1.65. The van der Waals surface area contributed by atoms with Crippen molar-refractivity contribution < 1.29 is 0 Å². The number of hydrogen-bond acceptors (Lipinski definition) is 4. The fourth-order valence-corrected chi connectivity index (χ4v) is 1.84.